The zero-order valence-electron chi connectivity index (χ0n) is 34.8. The highest BCUT2D eigenvalue weighted by atomic mass is 32.2. The lowest BCUT2D eigenvalue weighted by Crippen LogP contribution is -2.46. The van der Waals surface area contributed by atoms with Crippen molar-refractivity contribution < 1.29 is 22.9 Å². The summed E-state index contributed by atoms with van der Waals surface area (Å²) >= 11 is 0. The molecule has 0 aliphatic carbocycles. The predicted molar refractivity (Wildman–Crippen MR) is 234 cm³/mol. The van der Waals surface area contributed by atoms with Crippen molar-refractivity contribution in [2.24, 2.45) is 0 Å². The van der Waals surface area contributed by atoms with Gasteiger partial charge in [-0.25, -0.2) is 0 Å². The minimum absolute atomic E-state index is 0.266. The second-order valence-electron chi connectivity index (χ2n) is 15.0. The molecule has 1 amide bonds. The average Bonchev–Trinajstić information content (AvgIpc) is 3.14. The molecule has 2 unspecified atom stereocenters. The number of aliphatic hydroxyl groups excluding tert-OH is 1. The summed E-state index contributed by atoms with van der Waals surface area (Å²) in [5.41, 5.74) is 0. The minimum Gasteiger partial charge on any atom is -0.387 e. The first kappa shape index (κ1) is 51.8. The van der Waals surface area contributed by atoms with Crippen LogP contribution in [0.25, 0.3) is 0 Å². The number of hydrogen-bond donors (Lipinski definition) is 3. The second kappa shape index (κ2) is 40.4. The number of carbonyl (C=O) groups excluding carboxylic acids is 1. The summed E-state index contributed by atoms with van der Waals surface area (Å²) in [7, 11) is -4.37. The van der Waals surface area contributed by atoms with E-state index in [-0.39, 0.29) is 12.3 Å². The molecule has 3 N–H and O–H groups in total. The number of hydrogen-bond acceptors (Lipinski definition) is 4. The van der Waals surface area contributed by atoms with Crippen LogP contribution >= 0.6 is 0 Å². The van der Waals surface area contributed by atoms with Gasteiger partial charge in [-0.1, -0.05) is 183 Å². The summed E-state index contributed by atoms with van der Waals surface area (Å²) in [5, 5.41) is 13.2. The van der Waals surface area contributed by atoms with Crippen LogP contribution in [0.1, 0.15) is 200 Å². The summed E-state index contributed by atoms with van der Waals surface area (Å²) in [4.78, 5) is 12.5. The lowest BCUT2D eigenvalue weighted by atomic mass is 10.1. The van der Waals surface area contributed by atoms with Crippen LogP contribution in [0.5, 0.6) is 0 Å². The van der Waals surface area contributed by atoms with Gasteiger partial charge in [0.2, 0.25) is 5.91 Å². The standard InChI is InChI=1S/C47H83NO5S/c1-3-5-7-9-11-13-15-17-19-21-23-25-26-28-30-32-34-36-38-40-42-46(49)45(44-54(51,52)53)48-47(50)43-41-39-37-35-33-31-29-27-24-22-20-18-16-14-12-10-8-6-4-2/h12,14,18,20,24-27,32,34,40,42,45-46,49H,3-11,13,15-17,19,21-23,28-31,33,35-39,41,43-44H2,1-2H3,(H,48,50)(H,51,52,53)/b14-12-,20-18-,26-25+,27-24-,34-32+,42-40+. The zero-order chi connectivity index (χ0) is 39.6. The Morgan fingerprint density at radius 3 is 1.33 bits per heavy atom. The quantitative estimate of drug-likeness (QED) is 0.0328. The van der Waals surface area contributed by atoms with Gasteiger partial charge in [0.15, 0.2) is 0 Å². The topological polar surface area (TPSA) is 104 Å². The van der Waals surface area contributed by atoms with Crippen molar-refractivity contribution in [3.63, 3.8) is 0 Å². The van der Waals surface area contributed by atoms with Gasteiger partial charge < -0.3 is 10.4 Å². The van der Waals surface area contributed by atoms with Crippen LogP contribution < -0.4 is 5.32 Å². The predicted octanol–water partition coefficient (Wildman–Crippen LogP) is 13.4. The molecule has 0 bridgehead atoms. The zero-order valence-corrected chi connectivity index (χ0v) is 35.6. The molecule has 0 saturated heterocycles. The van der Waals surface area contributed by atoms with Gasteiger partial charge >= 0.3 is 0 Å². The number of allylic oxidation sites excluding steroid dienone is 11. The molecular weight excluding hydrogens is 691 g/mol. The van der Waals surface area contributed by atoms with Crippen LogP contribution in [0.4, 0.5) is 0 Å². The van der Waals surface area contributed by atoms with Gasteiger partial charge in [-0.3, -0.25) is 9.35 Å². The Morgan fingerprint density at radius 1 is 0.500 bits per heavy atom. The first-order valence-corrected chi connectivity index (χ1v) is 23.7. The molecule has 0 aromatic heterocycles. The highest BCUT2D eigenvalue weighted by Crippen LogP contribution is 2.13. The maximum atomic E-state index is 12.5. The maximum absolute atomic E-state index is 12.5. The molecule has 0 aromatic rings. The fourth-order valence-corrected chi connectivity index (χ4v) is 6.99. The van der Waals surface area contributed by atoms with Crippen molar-refractivity contribution in [1.82, 2.24) is 5.32 Å². The van der Waals surface area contributed by atoms with Crippen LogP contribution in [-0.4, -0.2) is 41.9 Å². The van der Waals surface area contributed by atoms with Crippen LogP contribution in [0, 0.1) is 0 Å². The Hall–Kier alpha value is -2.22. The Morgan fingerprint density at radius 2 is 0.852 bits per heavy atom. The molecule has 0 aliphatic rings. The van der Waals surface area contributed by atoms with Gasteiger partial charge in [0, 0.05) is 6.42 Å². The van der Waals surface area contributed by atoms with E-state index in [1.807, 2.05) is 0 Å². The normalized spacial score (nSPS) is 13.9. The molecule has 0 aliphatic heterocycles. The SMILES string of the molecule is CCCCC/C=C\C/C=C\C/C=C\CCCCCCCCC(=O)NC(CS(=O)(=O)O)C(O)/C=C/CC/C=C/CC/C=C/CCCCCCCCCCCC. The fourth-order valence-electron chi connectivity index (χ4n) is 6.25. The first-order valence-electron chi connectivity index (χ1n) is 22.1. The Bertz CT molecular complexity index is 1120. The van der Waals surface area contributed by atoms with Gasteiger partial charge in [0.05, 0.1) is 17.9 Å². The van der Waals surface area contributed by atoms with E-state index in [2.05, 4.69) is 79.9 Å². The van der Waals surface area contributed by atoms with E-state index in [1.165, 1.54) is 102 Å². The highest BCUT2D eigenvalue weighted by molar-refractivity contribution is 7.85. The van der Waals surface area contributed by atoms with Crippen molar-refractivity contribution in [2.45, 2.75) is 212 Å². The largest absolute Gasteiger partial charge is 0.387 e. The number of unbranched alkanes of at least 4 members (excludes halogenated alkanes) is 21. The van der Waals surface area contributed by atoms with Gasteiger partial charge in [-0.2, -0.15) is 8.42 Å². The molecule has 2 atom stereocenters. The summed E-state index contributed by atoms with van der Waals surface area (Å²) in [5.74, 6) is -1.03. The van der Waals surface area contributed by atoms with Crippen LogP contribution in [0.2, 0.25) is 0 Å². The Kier molecular flexibility index (Phi) is 38.8. The highest BCUT2D eigenvalue weighted by Gasteiger charge is 2.24. The molecule has 0 rings (SSSR count). The third kappa shape index (κ3) is 41.0. The fraction of sp³-hybridized carbons (Fsp3) is 0.723. The number of nitrogens with one attached hydrogen (secondary N) is 1. The molecule has 312 valence electrons. The van der Waals surface area contributed by atoms with E-state index in [4.69, 9.17) is 0 Å². The molecule has 0 radical (unpaired) electrons. The van der Waals surface area contributed by atoms with Crippen LogP contribution in [0.3, 0.4) is 0 Å². The lowest BCUT2D eigenvalue weighted by Gasteiger charge is -2.21. The van der Waals surface area contributed by atoms with Crippen LogP contribution in [-0.2, 0) is 14.9 Å². The Balaban J connectivity index is 4.01. The molecular formula is C47H83NO5S. The van der Waals surface area contributed by atoms with E-state index in [0.717, 1.165) is 70.6 Å². The minimum atomic E-state index is -4.37. The molecule has 54 heavy (non-hydrogen) atoms. The lowest BCUT2D eigenvalue weighted by molar-refractivity contribution is -0.122. The third-order valence-corrected chi connectivity index (χ3v) is 10.4. The maximum Gasteiger partial charge on any atom is 0.267 e. The molecule has 0 spiro atoms. The number of carbonyl (C=O) groups is 1. The van der Waals surface area contributed by atoms with E-state index >= 15 is 0 Å². The summed E-state index contributed by atoms with van der Waals surface area (Å²) < 4.78 is 32.5. The summed E-state index contributed by atoms with van der Waals surface area (Å²) in [6.45, 7) is 4.50. The molecule has 0 aromatic carbocycles. The van der Waals surface area contributed by atoms with Gasteiger partial charge in [0.25, 0.3) is 10.1 Å². The summed E-state index contributed by atoms with van der Waals surface area (Å²) in [6, 6.07) is -1.09. The van der Waals surface area contributed by atoms with E-state index in [9.17, 15) is 22.9 Å². The smallest absolute Gasteiger partial charge is 0.267 e. The third-order valence-electron chi connectivity index (χ3n) is 9.58. The van der Waals surface area contributed by atoms with Crippen molar-refractivity contribution in [2.75, 3.05) is 5.75 Å². The van der Waals surface area contributed by atoms with Crippen LogP contribution in [0.15, 0.2) is 72.9 Å². The second-order valence-corrected chi connectivity index (χ2v) is 16.4. The number of aliphatic hydroxyl groups is 1. The number of amides is 1. The molecule has 0 saturated carbocycles. The molecule has 0 heterocycles. The average molecular weight is 774 g/mol. The first-order chi connectivity index (χ1) is 26.3. The van der Waals surface area contributed by atoms with Crippen molar-refractivity contribution >= 4 is 16.0 Å². The molecule has 6 nitrogen and oxygen atoms in total. The van der Waals surface area contributed by atoms with Gasteiger partial charge in [-0.15, -0.1) is 0 Å². The monoisotopic (exact) mass is 774 g/mol. The van der Waals surface area contributed by atoms with Crippen molar-refractivity contribution in [3.05, 3.63) is 72.9 Å². The van der Waals surface area contributed by atoms with E-state index < -0.39 is 28.0 Å². The van der Waals surface area contributed by atoms with Crippen molar-refractivity contribution in [1.29, 1.82) is 0 Å². The molecule has 0 fully saturated rings. The van der Waals surface area contributed by atoms with E-state index in [1.54, 1.807) is 6.08 Å². The van der Waals surface area contributed by atoms with Gasteiger partial charge in [0.1, 0.15) is 0 Å². The summed E-state index contributed by atoms with van der Waals surface area (Å²) in [6.07, 6.45) is 57.4. The molecule has 7 heteroatoms. The number of rotatable bonds is 39. The van der Waals surface area contributed by atoms with Crippen molar-refractivity contribution in [3.8, 4) is 0 Å². The Labute approximate surface area is 334 Å². The van der Waals surface area contributed by atoms with E-state index in [0.29, 0.717) is 12.8 Å². The van der Waals surface area contributed by atoms with Gasteiger partial charge in [-0.05, 0) is 83.5 Å².